The topological polar surface area (TPSA) is 39.1 Å². The number of benzene rings is 1. The number of rotatable bonds is 2. The van der Waals surface area contributed by atoms with Crippen LogP contribution in [0.25, 0.3) is 11.1 Å². The molecule has 104 valence electrons. The Morgan fingerprint density at radius 1 is 1.05 bits per heavy atom. The molecule has 3 heteroatoms. The van der Waals surface area contributed by atoms with Crippen LogP contribution in [0.15, 0.2) is 23.0 Å². The molecule has 2 rings (SSSR count). The second-order valence-corrected chi connectivity index (χ2v) is 5.27. The number of hydrogen-bond donors (Lipinski definition) is 0. The van der Waals surface area contributed by atoms with Gasteiger partial charge in [0.15, 0.2) is 0 Å². The predicted molar refractivity (Wildman–Crippen MR) is 81.5 cm³/mol. The Labute approximate surface area is 118 Å². The molecule has 0 bridgehead atoms. The molecule has 0 atom stereocenters. The molecule has 2 aromatic rings. The summed E-state index contributed by atoms with van der Waals surface area (Å²) in [5.74, 6) is 0. The monoisotopic (exact) mass is 269 g/mol. The first-order valence-corrected chi connectivity index (χ1v) is 6.61. The van der Waals surface area contributed by atoms with E-state index in [4.69, 9.17) is 0 Å². The molecule has 1 aromatic carbocycles. The molecular formula is C17H19NO2. The molecule has 0 spiro atoms. The Hall–Kier alpha value is -2.16. The Kier molecular flexibility index (Phi) is 3.62. The zero-order valence-corrected chi connectivity index (χ0v) is 12.6. The molecule has 0 N–H and O–H groups in total. The fourth-order valence-electron chi connectivity index (χ4n) is 2.55. The van der Waals surface area contributed by atoms with Crippen molar-refractivity contribution >= 4 is 6.29 Å². The quantitative estimate of drug-likeness (QED) is 0.786. The number of carbonyl (C=O) groups excluding carboxylic acids is 1. The minimum Gasteiger partial charge on any atom is -0.315 e. The highest BCUT2D eigenvalue weighted by molar-refractivity contribution is 5.79. The lowest BCUT2D eigenvalue weighted by Crippen LogP contribution is -2.23. The Morgan fingerprint density at radius 3 is 2.25 bits per heavy atom. The molecule has 0 aliphatic carbocycles. The molecule has 0 aliphatic rings. The van der Waals surface area contributed by atoms with Crippen LogP contribution in [0.4, 0.5) is 0 Å². The summed E-state index contributed by atoms with van der Waals surface area (Å²) in [5.41, 5.74) is 6.32. The number of aryl methyl sites for hydroxylation is 1. The fraction of sp³-hybridized carbons (Fsp3) is 0.294. The SMILES string of the molecule is Cc1cc(C=O)ccc1-c1c(C)c(C)c(C)n(C)c1=O. The summed E-state index contributed by atoms with van der Waals surface area (Å²) in [6, 6.07) is 5.43. The van der Waals surface area contributed by atoms with Crippen molar-refractivity contribution in [3.63, 3.8) is 0 Å². The van der Waals surface area contributed by atoms with E-state index >= 15 is 0 Å². The highest BCUT2D eigenvalue weighted by atomic mass is 16.1. The van der Waals surface area contributed by atoms with Crippen LogP contribution in [-0.4, -0.2) is 10.9 Å². The first-order valence-electron chi connectivity index (χ1n) is 6.61. The predicted octanol–water partition coefficient (Wildman–Crippen LogP) is 3.10. The molecule has 0 aliphatic heterocycles. The first-order chi connectivity index (χ1) is 9.38. The van der Waals surface area contributed by atoms with Gasteiger partial charge < -0.3 is 4.57 Å². The molecule has 0 radical (unpaired) electrons. The van der Waals surface area contributed by atoms with Crippen molar-refractivity contribution in [2.45, 2.75) is 27.7 Å². The van der Waals surface area contributed by atoms with Gasteiger partial charge in [-0.2, -0.15) is 0 Å². The minimum atomic E-state index is 0.00699. The summed E-state index contributed by atoms with van der Waals surface area (Å²) < 4.78 is 1.69. The largest absolute Gasteiger partial charge is 0.315 e. The van der Waals surface area contributed by atoms with E-state index in [2.05, 4.69) is 0 Å². The van der Waals surface area contributed by atoms with Crippen LogP contribution >= 0.6 is 0 Å². The number of carbonyl (C=O) groups is 1. The van der Waals surface area contributed by atoms with Crippen molar-refractivity contribution in [1.29, 1.82) is 0 Å². The minimum absolute atomic E-state index is 0.00699. The molecule has 3 nitrogen and oxygen atoms in total. The van der Waals surface area contributed by atoms with Gasteiger partial charge in [0, 0.05) is 18.3 Å². The van der Waals surface area contributed by atoms with Crippen LogP contribution in [0.3, 0.4) is 0 Å². The Bertz CT molecular complexity index is 755. The fourth-order valence-corrected chi connectivity index (χ4v) is 2.55. The smallest absolute Gasteiger partial charge is 0.258 e. The maximum atomic E-state index is 12.6. The third-order valence-electron chi connectivity index (χ3n) is 4.16. The van der Waals surface area contributed by atoms with Gasteiger partial charge in [-0.25, -0.2) is 0 Å². The van der Waals surface area contributed by atoms with E-state index < -0.39 is 0 Å². The summed E-state index contributed by atoms with van der Waals surface area (Å²) in [6.07, 6.45) is 0.822. The number of aldehydes is 1. The summed E-state index contributed by atoms with van der Waals surface area (Å²) in [6.45, 7) is 7.89. The molecule has 0 unspecified atom stereocenters. The van der Waals surface area contributed by atoms with Gasteiger partial charge in [-0.05, 0) is 56.0 Å². The molecule has 0 saturated carbocycles. The van der Waals surface area contributed by atoms with E-state index in [1.54, 1.807) is 17.7 Å². The van der Waals surface area contributed by atoms with E-state index in [0.29, 0.717) is 5.56 Å². The molecule has 0 amide bonds. The summed E-state index contributed by atoms with van der Waals surface area (Å²) in [5, 5.41) is 0. The van der Waals surface area contributed by atoms with Crippen molar-refractivity contribution in [2.75, 3.05) is 0 Å². The van der Waals surface area contributed by atoms with E-state index in [9.17, 15) is 9.59 Å². The van der Waals surface area contributed by atoms with Crippen molar-refractivity contribution in [3.8, 4) is 11.1 Å². The van der Waals surface area contributed by atoms with E-state index in [-0.39, 0.29) is 5.56 Å². The van der Waals surface area contributed by atoms with Crippen LogP contribution in [0.2, 0.25) is 0 Å². The van der Waals surface area contributed by atoms with Crippen molar-refractivity contribution in [3.05, 3.63) is 56.5 Å². The van der Waals surface area contributed by atoms with Gasteiger partial charge in [0.2, 0.25) is 0 Å². The highest BCUT2D eigenvalue weighted by Gasteiger charge is 2.15. The second kappa shape index (κ2) is 5.08. The first kappa shape index (κ1) is 14.3. The number of aromatic nitrogens is 1. The van der Waals surface area contributed by atoms with Gasteiger partial charge in [-0.15, -0.1) is 0 Å². The van der Waals surface area contributed by atoms with Gasteiger partial charge in [-0.3, -0.25) is 9.59 Å². The molecule has 1 aromatic heterocycles. The molecule has 20 heavy (non-hydrogen) atoms. The van der Waals surface area contributed by atoms with Gasteiger partial charge in [0.05, 0.1) is 5.56 Å². The van der Waals surface area contributed by atoms with Crippen LogP contribution in [0, 0.1) is 27.7 Å². The van der Waals surface area contributed by atoms with Crippen LogP contribution in [-0.2, 0) is 7.05 Å². The third-order valence-corrected chi connectivity index (χ3v) is 4.16. The average molecular weight is 269 g/mol. The second-order valence-electron chi connectivity index (χ2n) is 5.27. The summed E-state index contributed by atoms with van der Waals surface area (Å²) >= 11 is 0. The maximum Gasteiger partial charge on any atom is 0.258 e. The lowest BCUT2D eigenvalue weighted by molar-refractivity contribution is 0.112. The van der Waals surface area contributed by atoms with Crippen molar-refractivity contribution in [2.24, 2.45) is 7.05 Å². The maximum absolute atomic E-state index is 12.6. The average Bonchev–Trinajstić information content (AvgIpc) is 2.44. The standard InChI is InChI=1S/C17H19NO2/c1-10-8-14(9-19)6-7-15(10)16-12(3)11(2)13(4)18(5)17(16)20/h6-9H,1-5H3. The summed E-state index contributed by atoms with van der Waals surface area (Å²) in [7, 11) is 1.79. The highest BCUT2D eigenvalue weighted by Crippen LogP contribution is 2.26. The normalized spacial score (nSPS) is 10.7. The lowest BCUT2D eigenvalue weighted by atomic mass is 9.93. The van der Waals surface area contributed by atoms with E-state index in [1.807, 2.05) is 39.8 Å². The van der Waals surface area contributed by atoms with E-state index in [1.165, 1.54) is 0 Å². The van der Waals surface area contributed by atoms with Crippen molar-refractivity contribution < 1.29 is 4.79 Å². The number of pyridine rings is 1. The zero-order chi connectivity index (χ0) is 15.0. The molecular weight excluding hydrogens is 250 g/mol. The Morgan fingerprint density at radius 2 is 1.70 bits per heavy atom. The van der Waals surface area contributed by atoms with Crippen molar-refractivity contribution in [1.82, 2.24) is 4.57 Å². The third kappa shape index (κ3) is 2.09. The van der Waals surface area contributed by atoms with Gasteiger partial charge >= 0.3 is 0 Å². The molecule has 0 fully saturated rings. The number of nitrogens with zero attached hydrogens (tertiary/aromatic N) is 1. The molecule has 0 saturated heterocycles. The van der Waals surface area contributed by atoms with Gasteiger partial charge in [0.1, 0.15) is 6.29 Å². The van der Waals surface area contributed by atoms with E-state index in [0.717, 1.165) is 39.8 Å². The molecule has 1 heterocycles. The van der Waals surface area contributed by atoms with Gasteiger partial charge in [0.25, 0.3) is 5.56 Å². The van der Waals surface area contributed by atoms with Crippen LogP contribution in [0.1, 0.15) is 32.7 Å². The zero-order valence-electron chi connectivity index (χ0n) is 12.6. The Balaban J connectivity index is 2.83. The van der Waals surface area contributed by atoms with Crippen LogP contribution in [0.5, 0.6) is 0 Å². The summed E-state index contributed by atoms with van der Waals surface area (Å²) in [4.78, 5) is 23.4. The van der Waals surface area contributed by atoms with Crippen LogP contribution < -0.4 is 5.56 Å². The van der Waals surface area contributed by atoms with Gasteiger partial charge in [-0.1, -0.05) is 12.1 Å². The number of hydrogen-bond acceptors (Lipinski definition) is 2. The lowest BCUT2D eigenvalue weighted by Gasteiger charge is -2.16.